The Hall–Kier alpha value is -1.63. The van der Waals surface area contributed by atoms with Crippen LogP contribution in [0.2, 0.25) is 0 Å². The van der Waals surface area contributed by atoms with Crippen molar-refractivity contribution >= 4 is 17.8 Å². The van der Waals surface area contributed by atoms with Crippen molar-refractivity contribution in [3.8, 4) is 0 Å². The molecule has 7 nitrogen and oxygen atoms in total. The number of rotatable bonds is 5. The van der Waals surface area contributed by atoms with Gasteiger partial charge in [0.05, 0.1) is 25.6 Å². The van der Waals surface area contributed by atoms with Crippen molar-refractivity contribution in [3.05, 3.63) is 0 Å². The first-order chi connectivity index (χ1) is 7.99. The Morgan fingerprint density at radius 1 is 1.29 bits per heavy atom. The second-order valence-corrected chi connectivity index (χ2v) is 4.25. The molecule has 0 atom stereocenters. The minimum Gasteiger partial charge on any atom is -0.548 e. The van der Waals surface area contributed by atoms with Crippen molar-refractivity contribution in [3.63, 3.8) is 0 Å². The summed E-state index contributed by atoms with van der Waals surface area (Å²) in [5.41, 5.74) is 5.20. The second kappa shape index (κ2) is 6.19. The highest BCUT2D eigenvalue weighted by atomic mass is 16.4. The Morgan fingerprint density at radius 2 is 1.88 bits per heavy atom. The molecule has 0 saturated carbocycles. The summed E-state index contributed by atoms with van der Waals surface area (Å²) in [5.74, 6) is -2.00. The maximum absolute atomic E-state index is 11.3. The van der Waals surface area contributed by atoms with E-state index in [9.17, 15) is 19.5 Å². The number of hydrogen-bond acceptors (Lipinski definition) is 4. The van der Waals surface area contributed by atoms with Gasteiger partial charge < -0.3 is 25.9 Å². The highest BCUT2D eigenvalue weighted by Crippen LogP contribution is 2.07. The molecule has 0 aromatic carbocycles. The number of nitrogens with one attached hydrogen (secondary N) is 2. The third kappa shape index (κ3) is 4.81. The Kier molecular flexibility index (Phi) is 4.89. The molecule has 96 valence electrons. The minimum atomic E-state index is -1.30. The first kappa shape index (κ1) is 13.4. The van der Waals surface area contributed by atoms with Crippen LogP contribution in [-0.2, 0) is 14.4 Å². The van der Waals surface area contributed by atoms with Crippen LogP contribution in [0.25, 0.3) is 0 Å². The van der Waals surface area contributed by atoms with Gasteiger partial charge in [-0.1, -0.05) is 0 Å². The summed E-state index contributed by atoms with van der Waals surface area (Å²) < 4.78 is 0. The molecule has 0 unspecified atom stereocenters. The number of hydrogen-bond donors (Lipinski definition) is 3. The van der Waals surface area contributed by atoms with E-state index < -0.39 is 12.5 Å². The average Bonchev–Trinajstić information content (AvgIpc) is 2.27. The largest absolute Gasteiger partial charge is 0.548 e. The molecule has 1 saturated heterocycles. The zero-order valence-electron chi connectivity index (χ0n) is 9.53. The average molecular weight is 243 g/mol. The van der Waals surface area contributed by atoms with Gasteiger partial charge in [0.25, 0.3) is 5.91 Å². The first-order valence-corrected chi connectivity index (χ1v) is 5.58. The molecule has 1 rings (SSSR count). The molecule has 0 radical (unpaired) electrons. The number of carboxylic acids is 1. The molecule has 7 heteroatoms. The maximum Gasteiger partial charge on any atom is 0.275 e. The third-order valence-electron chi connectivity index (χ3n) is 2.94. The summed E-state index contributed by atoms with van der Waals surface area (Å²) in [7, 11) is 0. The lowest BCUT2D eigenvalue weighted by molar-refractivity contribution is -0.897. The van der Waals surface area contributed by atoms with E-state index in [0.29, 0.717) is 25.9 Å². The van der Waals surface area contributed by atoms with Gasteiger partial charge >= 0.3 is 0 Å². The van der Waals surface area contributed by atoms with E-state index >= 15 is 0 Å². The lowest BCUT2D eigenvalue weighted by Gasteiger charge is -2.27. The number of amides is 2. The topological polar surface area (TPSA) is 117 Å². The quantitative estimate of drug-likeness (QED) is 0.452. The fourth-order valence-corrected chi connectivity index (χ4v) is 1.95. The first-order valence-electron chi connectivity index (χ1n) is 5.58. The molecule has 0 aromatic heterocycles. The van der Waals surface area contributed by atoms with Crippen LogP contribution < -0.4 is 21.1 Å². The predicted octanol–water partition coefficient (Wildman–Crippen LogP) is -4.37. The molecular formula is C10H17N3O4. The molecule has 1 fully saturated rings. The van der Waals surface area contributed by atoms with Crippen molar-refractivity contribution in [2.45, 2.75) is 12.8 Å². The number of carbonyl (C=O) groups excluding carboxylic acids is 3. The Balaban J connectivity index is 2.23. The lowest BCUT2D eigenvalue weighted by atomic mass is 9.96. The molecule has 17 heavy (non-hydrogen) atoms. The fraction of sp³-hybridized carbons (Fsp3) is 0.700. The fourth-order valence-electron chi connectivity index (χ4n) is 1.95. The smallest absolute Gasteiger partial charge is 0.275 e. The van der Waals surface area contributed by atoms with Gasteiger partial charge in [-0.25, -0.2) is 0 Å². The van der Waals surface area contributed by atoms with Crippen LogP contribution in [0.15, 0.2) is 0 Å². The van der Waals surface area contributed by atoms with E-state index in [1.165, 1.54) is 0 Å². The van der Waals surface area contributed by atoms with E-state index in [-0.39, 0.29) is 24.3 Å². The molecule has 1 aliphatic heterocycles. The lowest BCUT2D eigenvalue weighted by Crippen LogP contribution is -3.14. The van der Waals surface area contributed by atoms with Crippen molar-refractivity contribution < 1.29 is 24.4 Å². The summed E-state index contributed by atoms with van der Waals surface area (Å²) in [4.78, 5) is 33.4. The summed E-state index contributed by atoms with van der Waals surface area (Å²) in [6.45, 7) is 1.16. The van der Waals surface area contributed by atoms with Gasteiger partial charge in [-0.2, -0.15) is 0 Å². The number of piperidine rings is 1. The van der Waals surface area contributed by atoms with E-state index in [1.54, 1.807) is 0 Å². The van der Waals surface area contributed by atoms with Gasteiger partial charge in [0.15, 0.2) is 6.54 Å². The van der Waals surface area contributed by atoms with E-state index in [0.717, 1.165) is 4.90 Å². The number of aliphatic carboxylic acids is 1. The Bertz CT molecular complexity index is 311. The number of carbonyl (C=O) groups is 3. The minimum absolute atomic E-state index is 0.0926. The summed E-state index contributed by atoms with van der Waals surface area (Å²) >= 11 is 0. The highest BCUT2D eigenvalue weighted by Gasteiger charge is 2.26. The number of quaternary nitrogens is 1. The molecule has 4 N–H and O–H groups in total. The van der Waals surface area contributed by atoms with Crippen LogP contribution in [0.1, 0.15) is 12.8 Å². The molecule has 2 amide bonds. The highest BCUT2D eigenvalue weighted by molar-refractivity contribution is 5.81. The van der Waals surface area contributed by atoms with Gasteiger partial charge in [-0.05, 0) is 0 Å². The molecule has 0 aliphatic carbocycles. The second-order valence-electron chi connectivity index (χ2n) is 4.25. The van der Waals surface area contributed by atoms with Crippen LogP contribution in [0.5, 0.6) is 0 Å². The third-order valence-corrected chi connectivity index (χ3v) is 2.94. The number of primary amides is 1. The normalized spacial score (nSPS) is 24.0. The van der Waals surface area contributed by atoms with E-state index in [1.807, 2.05) is 0 Å². The van der Waals surface area contributed by atoms with Crippen LogP contribution in [0, 0.1) is 5.92 Å². The molecule has 0 spiro atoms. The molecular weight excluding hydrogens is 226 g/mol. The zero-order chi connectivity index (χ0) is 12.8. The van der Waals surface area contributed by atoms with Gasteiger partial charge in [0.1, 0.15) is 0 Å². The summed E-state index contributed by atoms with van der Waals surface area (Å²) in [6, 6.07) is 0. The van der Waals surface area contributed by atoms with Gasteiger partial charge in [0, 0.05) is 18.8 Å². The molecule has 0 bridgehead atoms. The summed E-state index contributed by atoms with van der Waals surface area (Å²) in [5, 5.41) is 12.4. The van der Waals surface area contributed by atoms with Crippen LogP contribution in [-0.4, -0.2) is 44.0 Å². The Morgan fingerprint density at radius 3 is 2.35 bits per heavy atom. The Labute approximate surface area is 98.9 Å². The molecule has 0 aromatic rings. The maximum atomic E-state index is 11.3. The zero-order valence-corrected chi connectivity index (χ0v) is 9.53. The van der Waals surface area contributed by atoms with E-state index in [4.69, 9.17) is 5.73 Å². The van der Waals surface area contributed by atoms with Gasteiger partial charge in [0.2, 0.25) is 5.91 Å². The monoisotopic (exact) mass is 243 g/mol. The SMILES string of the molecule is NC(=O)C1CC[NH+](CC(=O)NCC(=O)[O-])CC1. The number of nitrogens with two attached hydrogens (primary N) is 1. The van der Waals surface area contributed by atoms with E-state index in [2.05, 4.69) is 5.32 Å². The van der Waals surface area contributed by atoms with Crippen molar-refractivity contribution in [2.24, 2.45) is 11.7 Å². The van der Waals surface area contributed by atoms with Crippen molar-refractivity contribution in [2.75, 3.05) is 26.2 Å². The van der Waals surface area contributed by atoms with Crippen molar-refractivity contribution in [1.82, 2.24) is 5.32 Å². The predicted molar refractivity (Wildman–Crippen MR) is 55.5 cm³/mol. The molecule has 1 heterocycles. The standard InChI is InChI=1S/C10H17N3O4/c11-10(17)7-1-3-13(4-2-7)6-8(14)12-5-9(15)16/h7H,1-6H2,(H2,11,17)(H,12,14)(H,15,16). The summed E-state index contributed by atoms with van der Waals surface area (Å²) in [6.07, 6.45) is 1.36. The molecule has 1 aliphatic rings. The van der Waals surface area contributed by atoms with Crippen molar-refractivity contribution in [1.29, 1.82) is 0 Å². The van der Waals surface area contributed by atoms with Crippen LogP contribution in [0.3, 0.4) is 0 Å². The number of carboxylic acid groups (broad SMARTS) is 1. The van der Waals surface area contributed by atoms with Gasteiger partial charge in [-0.15, -0.1) is 0 Å². The van der Waals surface area contributed by atoms with Gasteiger partial charge in [-0.3, -0.25) is 9.59 Å². The number of likely N-dealkylation sites (tertiary alicyclic amines) is 1. The van der Waals surface area contributed by atoms with Crippen LogP contribution >= 0.6 is 0 Å². The van der Waals surface area contributed by atoms with Crippen LogP contribution in [0.4, 0.5) is 0 Å².